The van der Waals surface area contributed by atoms with Crippen LogP contribution < -0.4 is 0 Å². The van der Waals surface area contributed by atoms with Crippen LogP contribution in [0.1, 0.15) is 25.0 Å². The van der Waals surface area contributed by atoms with Gasteiger partial charge in [-0.15, -0.1) is 0 Å². The van der Waals surface area contributed by atoms with Crippen LogP contribution in [0.4, 0.5) is 0 Å². The molecule has 1 aliphatic heterocycles. The molecule has 18 heavy (non-hydrogen) atoms. The van der Waals surface area contributed by atoms with Crippen LogP contribution in [0, 0.1) is 0 Å². The molecule has 1 heterocycles. The second kappa shape index (κ2) is 6.52. The third kappa shape index (κ3) is 3.09. The lowest BCUT2D eigenvalue weighted by molar-refractivity contribution is -0.164. The molecule has 0 N–H and O–H groups in total. The molecule has 4 heteroatoms. The molecule has 1 aromatic carbocycles. The number of benzene rings is 1. The van der Waals surface area contributed by atoms with Crippen molar-refractivity contribution >= 4 is 5.97 Å². The van der Waals surface area contributed by atoms with Crippen molar-refractivity contribution in [2.45, 2.75) is 25.6 Å². The number of rotatable bonds is 3. The molecule has 1 aliphatic rings. The quantitative estimate of drug-likeness (QED) is 0.771. The van der Waals surface area contributed by atoms with Gasteiger partial charge in [0.1, 0.15) is 6.10 Å². The lowest BCUT2D eigenvalue weighted by Crippen LogP contribution is -2.33. The highest BCUT2D eigenvalue weighted by Gasteiger charge is 2.34. The largest absolute Gasteiger partial charge is 0.464 e. The van der Waals surface area contributed by atoms with Crippen molar-refractivity contribution in [3.63, 3.8) is 0 Å². The Morgan fingerprint density at radius 2 is 2.00 bits per heavy atom. The zero-order valence-corrected chi connectivity index (χ0v) is 10.5. The van der Waals surface area contributed by atoms with E-state index in [4.69, 9.17) is 14.2 Å². The van der Waals surface area contributed by atoms with Crippen LogP contribution in [-0.2, 0) is 19.0 Å². The van der Waals surface area contributed by atoms with Gasteiger partial charge in [0.05, 0.1) is 13.2 Å². The van der Waals surface area contributed by atoms with E-state index in [1.807, 2.05) is 30.3 Å². The average Bonchev–Trinajstić information content (AvgIpc) is 2.65. The van der Waals surface area contributed by atoms with Crippen LogP contribution in [0.2, 0.25) is 0 Å². The smallest absolute Gasteiger partial charge is 0.338 e. The zero-order valence-electron chi connectivity index (χ0n) is 10.5. The molecule has 0 bridgehead atoms. The van der Waals surface area contributed by atoms with Gasteiger partial charge in [-0.1, -0.05) is 30.3 Å². The van der Waals surface area contributed by atoms with E-state index >= 15 is 0 Å². The number of carbonyl (C=O) groups is 1. The first-order valence-electron chi connectivity index (χ1n) is 6.27. The summed E-state index contributed by atoms with van der Waals surface area (Å²) in [6.07, 6.45) is -0.262. The first kappa shape index (κ1) is 13.1. The molecule has 0 amide bonds. The van der Waals surface area contributed by atoms with Crippen LogP contribution in [-0.4, -0.2) is 31.9 Å². The van der Waals surface area contributed by atoms with Crippen LogP contribution in [0.15, 0.2) is 30.3 Å². The van der Waals surface area contributed by atoms with E-state index in [1.54, 1.807) is 6.92 Å². The number of hydrogen-bond donors (Lipinski definition) is 0. The number of carbonyl (C=O) groups excluding carboxylic acids is 1. The van der Waals surface area contributed by atoms with Crippen LogP contribution >= 0.6 is 0 Å². The fourth-order valence-corrected chi connectivity index (χ4v) is 1.98. The Balaban J connectivity index is 2.19. The molecule has 2 rings (SSSR count). The van der Waals surface area contributed by atoms with E-state index in [0.29, 0.717) is 19.8 Å². The summed E-state index contributed by atoms with van der Waals surface area (Å²) in [5.41, 5.74) is 0.942. The Kier molecular flexibility index (Phi) is 4.73. The van der Waals surface area contributed by atoms with E-state index in [-0.39, 0.29) is 12.1 Å². The van der Waals surface area contributed by atoms with Crippen molar-refractivity contribution in [3.05, 3.63) is 35.9 Å². The summed E-state index contributed by atoms with van der Waals surface area (Å²) in [6, 6.07) is 9.65. The molecule has 0 unspecified atom stereocenters. The lowest BCUT2D eigenvalue weighted by atomic mass is 10.0. The molecule has 98 valence electrons. The molecule has 0 spiro atoms. The molecule has 1 saturated heterocycles. The summed E-state index contributed by atoms with van der Waals surface area (Å²) in [4.78, 5) is 11.9. The predicted octanol–water partition coefficient (Wildman–Crippen LogP) is 2.10. The Labute approximate surface area is 107 Å². The molecular formula is C14H18O4. The third-order valence-corrected chi connectivity index (χ3v) is 2.81. The van der Waals surface area contributed by atoms with Crippen LogP contribution in [0.3, 0.4) is 0 Å². The van der Waals surface area contributed by atoms with Gasteiger partial charge in [-0.05, 0) is 18.9 Å². The topological polar surface area (TPSA) is 44.8 Å². The Bertz CT molecular complexity index is 377. The minimum Gasteiger partial charge on any atom is -0.464 e. The summed E-state index contributed by atoms with van der Waals surface area (Å²) >= 11 is 0. The number of hydrogen-bond acceptors (Lipinski definition) is 4. The fraction of sp³-hybridized carbons (Fsp3) is 0.500. The number of ether oxygens (including phenoxy) is 3. The Hall–Kier alpha value is -1.39. The minimum absolute atomic E-state index is 0.347. The van der Waals surface area contributed by atoms with Gasteiger partial charge in [-0.2, -0.15) is 0 Å². The Morgan fingerprint density at radius 3 is 2.72 bits per heavy atom. The van der Waals surface area contributed by atoms with Gasteiger partial charge in [0.15, 0.2) is 6.10 Å². The fourth-order valence-electron chi connectivity index (χ4n) is 1.98. The van der Waals surface area contributed by atoms with Crippen molar-refractivity contribution in [2.75, 3.05) is 19.8 Å². The van der Waals surface area contributed by atoms with Crippen molar-refractivity contribution in [2.24, 2.45) is 0 Å². The standard InChI is InChI=1S/C14H18O4/c1-2-16-14(15)13-12(17-9-6-10-18-13)11-7-4-3-5-8-11/h3-5,7-8,12-13H,2,6,9-10H2,1H3/t12-,13-/m0/s1. The maximum absolute atomic E-state index is 11.9. The summed E-state index contributed by atoms with van der Waals surface area (Å²) in [7, 11) is 0. The maximum Gasteiger partial charge on any atom is 0.338 e. The van der Waals surface area contributed by atoms with Gasteiger partial charge < -0.3 is 14.2 Å². The summed E-state index contributed by atoms with van der Waals surface area (Å²) in [5, 5.41) is 0. The van der Waals surface area contributed by atoms with Crippen molar-refractivity contribution in [3.8, 4) is 0 Å². The molecule has 0 aliphatic carbocycles. The van der Waals surface area contributed by atoms with E-state index in [1.165, 1.54) is 0 Å². The third-order valence-electron chi connectivity index (χ3n) is 2.81. The second-order valence-corrected chi connectivity index (χ2v) is 4.10. The van der Waals surface area contributed by atoms with E-state index in [2.05, 4.69) is 0 Å². The molecular weight excluding hydrogens is 232 g/mol. The lowest BCUT2D eigenvalue weighted by Gasteiger charge is -2.23. The second-order valence-electron chi connectivity index (χ2n) is 4.10. The highest BCUT2D eigenvalue weighted by atomic mass is 16.6. The number of esters is 1. The van der Waals surface area contributed by atoms with Gasteiger partial charge in [0, 0.05) is 6.61 Å². The van der Waals surface area contributed by atoms with E-state index in [0.717, 1.165) is 12.0 Å². The first-order valence-corrected chi connectivity index (χ1v) is 6.27. The summed E-state index contributed by atoms with van der Waals surface area (Å²) in [6.45, 7) is 3.25. The summed E-state index contributed by atoms with van der Waals surface area (Å²) < 4.78 is 16.4. The minimum atomic E-state index is -0.671. The normalized spacial score (nSPS) is 24.3. The molecule has 1 aromatic rings. The summed E-state index contributed by atoms with van der Waals surface area (Å²) in [5.74, 6) is -0.353. The van der Waals surface area contributed by atoms with Crippen LogP contribution in [0.25, 0.3) is 0 Å². The van der Waals surface area contributed by atoms with Crippen molar-refractivity contribution < 1.29 is 19.0 Å². The maximum atomic E-state index is 11.9. The van der Waals surface area contributed by atoms with E-state index < -0.39 is 6.10 Å². The van der Waals surface area contributed by atoms with Crippen molar-refractivity contribution in [1.29, 1.82) is 0 Å². The molecule has 2 atom stereocenters. The molecule has 0 aromatic heterocycles. The monoisotopic (exact) mass is 250 g/mol. The molecule has 0 saturated carbocycles. The van der Waals surface area contributed by atoms with Gasteiger partial charge in [-0.25, -0.2) is 4.79 Å². The van der Waals surface area contributed by atoms with Crippen molar-refractivity contribution in [1.82, 2.24) is 0 Å². The van der Waals surface area contributed by atoms with Crippen LogP contribution in [0.5, 0.6) is 0 Å². The predicted molar refractivity (Wildman–Crippen MR) is 66.1 cm³/mol. The van der Waals surface area contributed by atoms with E-state index in [9.17, 15) is 4.79 Å². The highest BCUT2D eigenvalue weighted by Crippen LogP contribution is 2.26. The molecule has 4 nitrogen and oxygen atoms in total. The van der Waals surface area contributed by atoms with Gasteiger partial charge in [0.2, 0.25) is 0 Å². The van der Waals surface area contributed by atoms with Gasteiger partial charge in [-0.3, -0.25) is 0 Å². The van der Waals surface area contributed by atoms with Gasteiger partial charge >= 0.3 is 5.97 Å². The first-order chi connectivity index (χ1) is 8.83. The Morgan fingerprint density at radius 1 is 1.28 bits per heavy atom. The molecule has 1 fully saturated rings. The van der Waals surface area contributed by atoms with Gasteiger partial charge in [0.25, 0.3) is 0 Å². The molecule has 0 radical (unpaired) electrons. The SMILES string of the molecule is CCOC(=O)[C@H]1OCCCO[C@H]1c1ccccc1. The average molecular weight is 250 g/mol. The zero-order chi connectivity index (χ0) is 12.8. The highest BCUT2D eigenvalue weighted by molar-refractivity contribution is 5.75.